The Balaban J connectivity index is 0.000000404. The molecule has 208 valence electrons. The van der Waals surface area contributed by atoms with E-state index in [1.165, 1.54) is 0 Å². The monoisotopic (exact) mass is 610 g/mol. The first kappa shape index (κ1) is 32.4. The Kier molecular flexibility index (Phi) is 14.8. The highest BCUT2D eigenvalue weighted by atomic mass is 35.5. The van der Waals surface area contributed by atoms with Gasteiger partial charge < -0.3 is 25.6 Å². The van der Waals surface area contributed by atoms with Gasteiger partial charge in [-0.3, -0.25) is 4.79 Å². The summed E-state index contributed by atoms with van der Waals surface area (Å²) in [7, 11) is 1.95. The zero-order valence-electron chi connectivity index (χ0n) is 21.2. The molecule has 0 spiro atoms. The van der Waals surface area contributed by atoms with Crippen LogP contribution < -0.4 is 16.0 Å². The third kappa shape index (κ3) is 11.5. The fourth-order valence-electron chi connectivity index (χ4n) is 3.12. The zero-order valence-corrected chi connectivity index (χ0v) is 24.3. The van der Waals surface area contributed by atoms with Crippen LogP contribution in [0, 0.1) is 0 Å². The number of amides is 1. The van der Waals surface area contributed by atoms with Gasteiger partial charge in [0.05, 0.1) is 23.2 Å². The van der Waals surface area contributed by atoms with E-state index in [1.54, 1.807) is 18.2 Å². The van der Waals surface area contributed by atoms with E-state index in [4.69, 9.17) is 61.8 Å². The fraction of sp³-hybridized carbons (Fsp3) is 0.214. The zero-order chi connectivity index (χ0) is 28.6. The summed E-state index contributed by atoms with van der Waals surface area (Å²) in [6.07, 6.45) is 0. The number of anilines is 1. The van der Waals surface area contributed by atoms with Crippen LogP contribution in [0.25, 0.3) is 22.6 Å². The molecule has 0 unspecified atom stereocenters. The molecule has 0 aliphatic rings. The number of alkyl halides is 2. The number of aliphatic hydroxyl groups is 1. The molecule has 1 heterocycles. The summed E-state index contributed by atoms with van der Waals surface area (Å²) >= 11 is 22.5. The molecule has 1 amide bonds. The minimum Gasteiger partial charge on any atom is -0.394 e. The molecule has 0 saturated carbocycles. The van der Waals surface area contributed by atoms with Crippen molar-refractivity contribution in [2.24, 2.45) is 5.73 Å². The van der Waals surface area contributed by atoms with Crippen LogP contribution in [0.3, 0.4) is 0 Å². The van der Waals surface area contributed by atoms with E-state index in [2.05, 4.69) is 10.5 Å². The maximum atomic E-state index is 11.2. The van der Waals surface area contributed by atoms with Gasteiger partial charge in [0.15, 0.2) is 5.76 Å². The molecule has 0 atom stereocenters. The Morgan fingerprint density at radius 3 is 2.10 bits per heavy atom. The summed E-state index contributed by atoms with van der Waals surface area (Å²) in [6, 6.07) is 27.0. The molecule has 0 aliphatic carbocycles. The average molecular weight is 612 g/mol. The number of halogens is 4. The number of nitrogens with zero attached hydrogens (tertiary/aromatic N) is 2. The van der Waals surface area contributed by atoms with Gasteiger partial charge in [-0.1, -0.05) is 83.0 Å². The number of likely N-dealkylation sites (N-methyl/N-ethyl adjacent to an activating group) is 1. The summed E-state index contributed by atoms with van der Waals surface area (Å²) in [5.74, 6) is 0.437. The maximum Gasteiger partial charge on any atom is 0.233 e. The lowest BCUT2D eigenvalue weighted by atomic mass is 10.1. The number of nitrogens with two attached hydrogens (primary N) is 1. The molecule has 11 heteroatoms. The first-order valence-electron chi connectivity index (χ1n) is 11.8. The molecule has 39 heavy (non-hydrogen) atoms. The van der Waals surface area contributed by atoms with Crippen molar-refractivity contribution in [2.75, 3.05) is 38.2 Å². The largest absolute Gasteiger partial charge is 0.394 e. The molecule has 0 fully saturated rings. The lowest BCUT2D eigenvalue weighted by molar-refractivity contribution is -0.119. The highest BCUT2D eigenvalue weighted by molar-refractivity contribution is 6.44. The van der Waals surface area contributed by atoms with Crippen LogP contribution in [0.1, 0.15) is 0 Å². The fourth-order valence-corrected chi connectivity index (χ4v) is 3.71. The quantitative estimate of drug-likeness (QED) is 0.202. The Morgan fingerprint density at radius 1 is 1.00 bits per heavy atom. The van der Waals surface area contributed by atoms with Crippen LogP contribution >= 0.6 is 46.4 Å². The number of rotatable bonds is 8. The van der Waals surface area contributed by atoms with Crippen LogP contribution in [-0.2, 0) is 4.79 Å². The van der Waals surface area contributed by atoms with Gasteiger partial charge in [-0.2, -0.15) is 0 Å². The van der Waals surface area contributed by atoms with Crippen LogP contribution in [0.5, 0.6) is 0 Å². The second kappa shape index (κ2) is 17.7. The lowest BCUT2D eigenvalue weighted by Crippen LogP contribution is -2.36. The van der Waals surface area contributed by atoms with Crippen LogP contribution in [0.15, 0.2) is 89.5 Å². The van der Waals surface area contributed by atoms with Gasteiger partial charge in [0, 0.05) is 43.0 Å². The van der Waals surface area contributed by atoms with E-state index in [1.807, 2.05) is 78.7 Å². The summed E-state index contributed by atoms with van der Waals surface area (Å²) in [5.41, 5.74) is 8.36. The second-order valence-corrected chi connectivity index (χ2v) is 10.0. The van der Waals surface area contributed by atoms with Crippen LogP contribution in [0.2, 0.25) is 10.0 Å². The molecule has 0 bridgehead atoms. The summed E-state index contributed by atoms with van der Waals surface area (Å²) < 4.78 is 5.52. The molecule has 0 saturated heterocycles. The van der Waals surface area contributed by atoms with E-state index < -0.39 is 4.84 Å². The van der Waals surface area contributed by atoms with Crippen molar-refractivity contribution in [3.05, 3.63) is 95.0 Å². The van der Waals surface area contributed by atoms with E-state index in [0.717, 1.165) is 11.3 Å². The Morgan fingerprint density at radius 2 is 1.56 bits per heavy atom. The van der Waals surface area contributed by atoms with Crippen molar-refractivity contribution in [1.82, 2.24) is 10.5 Å². The first-order chi connectivity index (χ1) is 18.8. The topological polar surface area (TPSA) is 105 Å². The minimum atomic E-state index is -0.616. The number of hydrogen-bond acceptors (Lipinski definition) is 6. The standard InChI is InChI=1S/C20H20Cl2N4O2.C6H6.C2H4Cl2O/c1-26(9-8-24-19(27)12-23)14-5-2-4-13(10-14)18-11-17(25-28-18)20-15(21)6-3-7-16(20)22;1-2-4-6-5-3-1;3-2(4)1-5/h2-7,10-11H,8-9,12,23H2,1H3,(H,24,27);1-6H;2,5H,1H2. The van der Waals surface area contributed by atoms with E-state index >= 15 is 0 Å². The van der Waals surface area contributed by atoms with Gasteiger partial charge in [0.25, 0.3) is 0 Å². The van der Waals surface area contributed by atoms with Gasteiger partial charge in [-0.25, -0.2) is 0 Å². The highest BCUT2D eigenvalue weighted by Crippen LogP contribution is 2.36. The predicted octanol–water partition coefficient (Wildman–Crippen LogP) is 6.30. The van der Waals surface area contributed by atoms with Gasteiger partial charge in [-0.05, 0) is 24.3 Å². The third-order valence-electron chi connectivity index (χ3n) is 5.06. The molecular formula is C28H30Cl4N4O3. The van der Waals surface area contributed by atoms with Gasteiger partial charge in [0.2, 0.25) is 5.91 Å². The second-order valence-electron chi connectivity index (χ2n) is 7.93. The number of benzene rings is 3. The van der Waals surface area contributed by atoms with Crippen molar-refractivity contribution in [3.8, 4) is 22.6 Å². The Labute approximate surface area is 248 Å². The number of hydrogen-bond donors (Lipinski definition) is 3. The molecule has 4 rings (SSSR count). The third-order valence-corrected chi connectivity index (χ3v) is 5.97. The smallest absolute Gasteiger partial charge is 0.233 e. The maximum absolute atomic E-state index is 11.2. The molecule has 0 aliphatic heterocycles. The van der Waals surface area contributed by atoms with Crippen molar-refractivity contribution < 1.29 is 14.4 Å². The normalized spacial score (nSPS) is 10.2. The molecular weight excluding hydrogens is 582 g/mol. The lowest BCUT2D eigenvalue weighted by Gasteiger charge is -2.20. The molecule has 0 radical (unpaired) electrons. The number of nitrogens with one attached hydrogen (secondary N) is 1. The Hall–Kier alpha value is -2.78. The Bertz CT molecular complexity index is 1230. The van der Waals surface area contributed by atoms with E-state index in [0.29, 0.717) is 40.2 Å². The predicted molar refractivity (Wildman–Crippen MR) is 162 cm³/mol. The SMILES string of the molecule is CN(CCNC(=O)CN)c1cccc(-c2cc(-c3c(Cl)cccc3Cl)no2)c1.OCC(Cl)Cl.c1ccccc1. The van der Waals surface area contributed by atoms with Crippen molar-refractivity contribution in [2.45, 2.75) is 4.84 Å². The number of carbonyl (C=O) groups excluding carboxylic acids is 1. The van der Waals surface area contributed by atoms with Crippen LogP contribution in [-0.4, -0.2) is 54.3 Å². The van der Waals surface area contributed by atoms with E-state index in [9.17, 15) is 4.79 Å². The first-order valence-corrected chi connectivity index (χ1v) is 13.5. The molecule has 7 nitrogen and oxygen atoms in total. The average Bonchev–Trinajstić information content (AvgIpc) is 3.44. The summed E-state index contributed by atoms with van der Waals surface area (Å²) in [4.78, 5) is 12.7. The molecule has 4 N–H and O–H groups in total. The van der Waals surface area contributed by atoms with Crippen molar-refractivity contribution >= 4 is 58.0 Å². The van der Waals surface area contributed by atoms with E-state index in [-0.39, 0.29) is 19.1 Å². The van der Waals surface area contributed by atoms with Gasteiger partial charge in [0.1, 0.15) is 10.5 Å². The van der Waals surface area contributed by atoms with Gasteiger partial charge >= 0.3 is 0 Å². The number of aromatic nitrogens is 1. The number of carbonyl (C=O) groups is 1. The van der Waals surface area contributed by atoms with Crippen molar-refractivity contribution in [1.29, 1.82) is 0 Å². The number of aliphatic hydroxyl groups excluding tert-OH is 1. The molecule has 4 aromatic rings. The summed E-state index contributed by atoms with van der Waals surface area (Å²) in [6.45, 7) is 0.978. The van der Waals surface area contributed by atoms with Gasteiger partial charge in [-0.15, -0.1) is 23.2 Å². The minimum absolute atomic E-state index is 0.0114. The van der Waals surface area contributed by atoms with Crippen LogP contribution in [0.4, 0.5) is 5.69 Å². The van der Waals surface area contributed by atoms with Crippen molar-refractivity contribution in [3.63, 3.8) is 0 Å². The molecule has 3 aromatic carbocycles. The highest BCUT2D eigenvalue weighted by Gasteiger charge is 2.15. The molecule has 1 aromatic heterocycles. The summed E-state index contributed by atoms with van der Waals surface area (Å²) in [5, 5.41) is 15.8.